The largest absolute Gasteiger partial charge is 0.450 e. The van der Waals surface area contributed by atoms with Crippen molar-refractivity contribution in [2.24, 2.45) is 0 Å². The van der Waals surface area contributed by atoms with Crippen LogP contribution in [0, 0.1) is 12.7 Å². The minimum Gasteiger partial charge on any atom is -0.450 e. The number of nitrogens with zero attached hydrogens (tertiary/aromatic N) is 4. The molecule has 0 unspecified atom stereocenters. The smallest absolute Gasteiger partial charge is 0.407 e. The van der Waals surface area contributed by atoms with Gasteiger partial charge in [0.05, 0.1) is 19.5 Å². The van der Waals surface area contributed by atoms with Gasteiger partial charge in [-0.1, -0.05) is 17.7 Å². The molecule has 0 aliphatic heterocycles. The van der Waals surface area contributed by atoms with Crippen molar-refractivity contribution in [3.63, 3.8) is 0 Å². The minimum absolute atomic E-state index is 0.0405. The molecule has 0 atom stereocenters. The highest BCUT2D eigenvalue weighted by Gasteiger charge is 2.12. The maximum Gasteiger partial charge on any atom is 0.407 e. The van der Waals surface area contributed by atoms with Crippen molar-refractivity contribution in [3.8, 4) is 0 Å². The Morgan fingerprint density at radius 1 is 1.33 bits per heavy atom. The highest BCUT2D eigenvalue weighted by atomic mass is 35.5. The summed E-state index contributed by atoms with van der Waals surface area (Å²) in [6, 6.07) is 3.18. The van der Waals surface area contributed by atoms with Crippen LogP contribution in [-0.4, -0.2) is 39.3 Å². The number of fused-ring (bicyclic) bond motifs is 1. The molecule has 3 rings (SSSR count). The van der Waals surface area contributed by atoms with E-state index >= 15 is 0 Å². The molecule has 0 saturated heterocycles. The minimum atomic E-state index is -0.626. The molecular formula is C19H23ClFN7O2. The van der Waals surface area contributed by atoms with Gasteiger partial charge in [0.1, 0.15) is 11.3 Å². The van der Waals surface area contributed by atoms with E-state index in [1.54, 1.807) is 32.4 Å². The van der Waals surface area contributed by atoms with Crippen molar-refractivity contribution in [2.45, 2.75) is 32.9 Å². The van der Waals surface area contributed by atoms with Crippen LogP contribution in [0.1, 0.15) is 24.0 Å². The first kappa shape index (κ1) is 21.6. The molecule has 160 valence electrons. The lowest BCUT2D eigenvalue weighted by molar-refractivity contribution is 0.143. The first-order valence-electron chi connectivity index (χ1n) is 9.41. The number of hydrogen-bond acceptors (Lipinski definition) is 7. The maximum atomic E-state index is 14.1. The topological polar surface area (TPSA) is 120 Å². The number of amides is 1. The van der Waals surface area contributed by atoms with Crippen LogP contribution in [0.4, 0.5) is 21.0 Å². The number of carbonyl (C=O) groups is 1. The number of aryl methyl sites for hydroxylation is 2. The molecule has 0 bridgehead atoms. The quantitative estimate of drug-likeness (QED) is 0.464. The van der Waals surface area contributed by atoms with E-state index in [4.69, 9.17) is 22.1 Å². The van der Waals surface area contributed by atoms with Crippen molar-refractivity contribution in [2.75, 3.05) is 24.7 Å². The summed E-state index contributed by atoms with van der Waals surface area (Å²) in [5, 5.41) is 5.64. The molecular weight excluding hydrogens is 413 g/mol. The molecule has 3 aromatic rings. The van der Waals surface area contributed by atoms with Gasteiger partial charge >= 0.3 is 6.09 Å². The Labute approximate surface area is 177 Å². The molecule has 0 fully saturated rings. The number of unbranched alkanes of at least 4 members (excludes halogenated alkanes) is 1. The molecule has 0 radical (unpaired) electrons. The third-order valence-electron chi connectivity index (χ3n) is 4.53. The van der Waals surface area contributed by atoms with E-state index in [1.807, 2.05) is 4.57 Å². The van der Waals surface area contributed by atoms with Crippen LogP contribution in [0.15, 0.2) is 18.5 Å². The normalized spacial score (nSPS) is 10.9. The molecule has 9 nitrogen and oxygen atoms in total. The van der Waals surface area contributed by atoms with Gasteiger partial charge in [-0.3, -0.25) is 0 Å². The number of nitrogen functional groups attached to an aromatic ring is 1. The highest BCUT2D eigenvalue weighted by molar-refractivity contribution is 6.31. The number of imidazole rings is 1. The molecule has 30 heavy (non-hydrogen) atoms. The van der Waals surface area contributed by atoms with Gasteiger partial charge in [0.15, 0.2) is 11.5 Å². The van der Waals surface area contributed by atoms with Crippen LogP contribution in [0.3, 0.4) is 0 Å². The SMILES string of the molecule is CNc1nc(N)c2ncn(CCCCOC(=O)NCc3c(Cl)ccc(C)c3F)c2n1. The van der Waals surface area contributed by atoms with E-state index in [9.17, 15) is 9.18 Å². The first-order chi connectivity index (χ1) is 14.4. The zero-order chi connectivity index (χ0) is 21.7. The second-order valence-electron chi connectivity index (χ2n) is 6.65. The zero-order valence-corrected chi connectivity index (χ0v) is 17.5. The molecule has 0 aliphatic carbocycles. The number of hydrogen-bond donors (Lipinski definition) is 3. The van der Waals surface area contributed by atoms with E-state index in [0.717, 1.165) is 6.42 Å². The summed E-state index contributed by atoms with van der Waals surface area (Å²) in [6.45, 7) is 2.45. The summed E-state index contributed by atoms with van der Waals surface area (Å²) in [5.74, 6) is 0.307. The average molecular weight is 436 g/mol. The van der Waals surface area contributed by atoms with Gasteiger partial charge in [0.25, 0.3) is 0 Å². The lowest BCUT2D eigenvalue weighted by Gasteiger charge is -2.10. The number of aromatic nitrogens is 4. The van der Waals surface area contributed by atoms with Gasteiger partial charge in [-0.15, -0.1) is 0 Å². The van der Waals surface area contributed by atoms with E-state index in [0.29, 0.717) is 41.5 Å². The maximum absolute atomic E-state index is 14.1. The van der Waals surface area contributed by atoms with Gasteiger partial charge in [-0.25, -0.2) is 14.2 Å². The molecule has 1 aromatic carbocycles. The first-order valence-corrected chi connectivity index (χ1v) is 9.78. The zero-order valence-electron chi connectivity index (χ0n) is 16.7. The van der Waals surface area contributed by atoms with E-state index in [1.165, 1.54) is 0 Å². The molecule has 4 N–H and O–H groups in total. The summed E-state index contributed by atoms with van der Waals surface area (Å²) in [4.78, 5) is 24.6. The molecule has 11 heteroatoms. The second kappa shape index (κ2) is 9.57. The number of carbonyl (C=O) groups excluding carboxylic acids is 1. The fraction of sp³-hybridized carbons (Fsp3) is 0.368. The van der Waals surface area contributed by atoms with Crippen molar-refractivity contribution in [1.29, 1.82) is 0 Å². The summed E-state index contributed by atoms with van der Waals surface area (Å²) in [7, 11) is 1.71. The third kappa shape index (κ3) is 4.88. The lowest BCUT2D eigenvalue weighted by atomic mass is 10.1. The number of anilines is 2. The van der Waals surface area contributed by atoms with E-state index in [2.05, 4.69) is 25.6 Å². The summed E-state index contributed by atoms with van der Waals surface area (Å²) in [6.07, 6.45) is 2.39. The number of alkyl carbamates (subject to hydrolysis) is 1. The van der Waals surface area contributed by atoms with Crippen LogP contribution in [0.5, 0.6) is 0 Å². The fourth-order valence-corrected chi connectivity index (χ4v) is 3.09. The number of rotatable bonds is 8. The predicted molar refractivity (Wildman–Crippen MR) is 113 cm³/mol. The molecule has 0 spiro atoms. The van der Waals surface area contributed by atoms with Crippen LogP contribution in [-0.2, 0) is 17.8 Å². The Kier molecular flexibility index (Phi) is 6.88. The number of ether oxygens (including phenoxy) is 1. The Morgan fingerprint density at radius 3 is 2.90 bits per heavy atom. The average Bonchev–Trinajstić information content (AvgIpc) is 3.14. The third-order valence-corrected chi connectivity index (χ3v) is 4.88. The predicted octanol–water partition coefficient (Wildman–Crippen LogP) is 3.26. The van der Waals surface area contributed by atoms with Crippen LogP contribution < -0.4 is 16.4 Å². The number of nitrogens with two attached hydrogens (primary N) is 1. The number of halogens is 2. The van der Waals surface area contributed by atoms with Crippen LogP contribution in [0.25, 0.3) is 11.2 Å². The van der Waals surface area contributed by atoms with Gasteiger partial charge in [0.2, 0.25) is 5.95 Å². The van der Waals surface area contributed by atoms with Crippen LogP contribution in [0.2, 0.25) is 5.02 Å². The number of benzene rings is 1. The van der Waals surface area contributed by atoms with Gasteiger partial charge in [-0.05, 0) is 31.4 Å². The molecule has 0 saturated carbocycles. The second-order valence-corrected chi connectivity index (χ2v) is 7.05. The Bertz CT molecular complexity index is 1060. The van der Waals surface area contributed by atoms with Crippen molar-refractivity contribution >= 4 is 40.6 Å². The summed E-state index contributed by atoms with van der Waals surface area (Å²) >= 11 is 5.99. The molecule has 2 aromatic heterocycles. The number of nitrogens with one attached hydrogen (secondary N) is 2. The van der Waals surface area contributed by atoms with Gasteiger partial charge in [-0.2, -0.15) is 9.97 Å². The Hall–Kier alpha value is -3.14. The standard InChI is InChI=1S/C19H23ClFN7O2/c1-11-5-6-13(20)12(14(11)21)9-24-19(29)30-8-4-3-7-28-10-25-15-16(22)26-18(23-2)27-17(15)28/h5-6,10H,3-4,7-9H2,1-2H3,(H,24,29)(H3,22,23,26,27). The lowest BCUT2D eigenvalue weighted by Crippen LogP contribution is -2.25. The van der Waals surface area contributed by atoms with E-state index < -0.39 is 11.9 Å². The molecule has 2 heterocycles. The van der Waals surface area contributed by atoms with Crippen LogP contribution >= 0.6 is 11.6 Å². The van der Waals surface area contributed by atoms with Crippen molar-refractivity contribution in [3.05, 3.63) is 40.4 Å². The molecule has 1 amide bonds. The Balaban J connectivity index is 1.44. The summed E-state index contributed by atoms with van der Waals surface area (Å²) in [5.41, 5.74) is 7.78. The monoisotopic (exact) mass is 435 g/mol. The summed E-state index contributed by atoms with van der Waals surface area (Å²) < 4.78 is 21.1. The fourth-order valence-electron chi connectivity index (χ4n) is 2.88. The van der Waals surface area contributed by atoms with E-state index in [-0.39, 0.29) is 23.7 Å². The van der Waals surface area contributed by atoms with Crippen molar-refractivity contribution < 1.29 is 13.9 Å². The highest BCUT2D eigenvalue weighted by Crippen LogP contribution is 2.22. The van der Waals surface area contributed by atoms with Crippen molar-refractivity contribution in [1.82, 2.24) is 24.8 Å². The Morgan fingerprint density at radius 2 is 2.13 bits per heavy atom. The molecule has 0 aliphatic rings. The van der Waals surface area contributed by atoms with Gasteiger partial charge in [0, 0.05) is 24.2 Å². The van der Waals surface area contributed by atoms with Gasteiger partial charge < -0.3 is 25.7 Å².